The van der Waals surface area contributed by atoms with Crippen molar-refractivity contribution in [1.29, 1.82) is 0 Å². The third kappa shape index (κ3) is 4.79. The van der Waals surface area contributed by atoms with E-state index in [1.807, 2.05) is 32.0 Å². The number of nitrogens with one attached hydrogen (secondary N) is 1. The summed E-state index contributed by atoms with van der Waals surface area (Å²) in [5.74, 6) is 1.03. The van der Waals surface area contributed by atoms with Gasteiger partial charge in [-0.05, 0) is 37.6 Å². The summed E-state index contributed by atoms with van der Waals surface area (Å²) in [7, 11) is -2.39. The number of ether oxygens (including phenoxy) is 2. The number of hydrogen-bond donors (Lipinski definition) is 1. The molecule has 0 atom stereocenters. The molecule has 1 N–H and O–H groups in total. The van der Waals surface area contributed by atoms with Gasteiger partial charge < -0.3 is 9.47 Å². The van der Waals surface area contributed by atoms with Crippen molar-refractivity contribution in [3.63, 3.8) is 0 Å². The van der Waals surface area contributed by atoms with Gasteiger partial charge in [-0.25, -0.2) is 13.1 Å². The maximum Gasteiger partial charge on any atom is 0.242 e. The fourth-order valence-electron chi connectivity index (χ4n) is 2.26. The number of hydrogen-bond acceptors (Lipinski definition) is 4. The highest BCUT2D eigenvalue weighted by molar-refractivity contribution is 7.89. The Morgan fingerprint density at radius 2 is 1.72 bits per heavy atom. The van der Waals surface area contributed by atoms with Crippen LogP contribution in [0, 0.1) is 13.8 Å². The van der Waals surface area contributed by atoms with Gasteiger partial charge in [-0.1, -0.05) is 40.9 Å². The van der Waals surface area contributed by atoms with Crippen LogP contribution in [0.4, 0.5) is 0 Å². The molecule has 2 rings (SSSR count). The van der Waals surface area contributed by atoms with Crippen molar-refractivity contribution in [3.8, 4) is 11.5 Å². The molecule has 0 radical (unpaired) electrons. The molecule has 0 aliphatic carbocycles. The maximum atomic E-state index is 12.4. The molecule has 0 aliphatic heterocycles. The second-order valence-electron chi connectivity index (χ2n) is 5.41. The first-order valence-electron chi connectivity index (χ1n) is 7.48. The minimum Gasteiger partial charge on any atom is -0.495 e. The van der Waals surface area contributed by atoms with E-state index in [0.717, 1.165) is 16.9 Å². The minimum absolute atomic E-state index is 0.0542. The molecule has 5 nitrogen and oxygen atoms in total. The Morgan fingerprint density at radius 1 is 1.04 bits per heavy atom. The summed E-state index contributed by atoms with van der Waals surface area (Å²) in [5.41, 5.74) is 2.13. The highest BCUT2D eigenvalue weighted by atomic mass is 35.5. The SMILES string of the molecule is COc1ccc(S(=O)(=O)NCCOc2ccc(C)cc2C)c(Cl)c1Cl. The fraction of sp³-hybridized carbons (Fsp3) is 0.294. The van der Waals surface area contributed by atoms with Crippen LogP contribution in [-0.2, 0) is 10.0 Å². The van der Waals surface area contributed by atoms with E-state index in [1.165, 1.54) is 19.2 Å². The molecular weight excluding hydrogens is 385 g/mol. The molecule has 0 unspecified atom stereocenters. The molecule has 0 heterocycles. The molecule has 0 aromatic heterocycles. The first-order valence-corrected chi connectivity index (χ1v) is 9.72. The predicted octanol–water partition coefficient (Wildman–Crippen LogP) is 3.98. The maximum absolute atomic E-state index is 12.4. The summed E-state index contributed by atoms with van der Waals surface area (Å²) in [5, 5.41) is -0.0256. The van der Waals surface area contributed by atoms with E-state index in [1.54, 1.807) is 0 Å². The molecule has 0 bridgehead atoms. The number of methoxy groups -OCH3 is 1. The molecule has 0 amide bonds. The standard InChI is InChI=1S/C17H19Cl2NO4S/c1-11-4-5-13(12(2)10-11)24-9-8-20-25(21,22)15-7-6-14(23-3)16(18)17(15)19/h4-7,10,20H,8-9H2,1-3H3. The Hall–Kier alpha value is -1.47. The third-order valence-electron chi connectivity index (χ3n) is 3.50. The zero-order valence-corrected chi connectivity index (χ0v) is 16.4. The fourth-order valence-corrected chi connectivity index (χ4v) is 4.11. The van der Waals surface area contributed by atoms with Gasteiger partial charge >= 0.3 is 0 Å². The Morgan fingerprint density at radius 3 is 2.36 bits per heavy atom. The van der Waals surface area contributed by atoms with Gasteiger partial charge in [0, 0.05) is 6.54 Å². The molecular formula is C17H19Cl2NO4S. The van der Waals surface area contributed by atoms with Crippen molar-refractivity contribution < 1.29 is 17.9 Å². The molecule has 2 aromatic carbocycles. The van der Waals surface area contributed by atoms with Crippen molar-refractivity contribution in [2.45, 2.75) is 18.7 Å². The van der Waals surface area contributed by atoms with Crippen LogP contribution in [0.15, 0.2) is 35.2 Å². The largest absolute Gasteiger partial charge is 0.495 e. The molecule has 25 heavy (non-hydrogen) atoms. The normalized spacial score (nSPS) is 11.4. The molecule has 0 aliphatic rings. The lowest BCUT2D eigenvalue weighted by Crippen LogP contribution is -2.28. The molecule has 8 heteroatoms. The van der Waals surface area contributed by atoms with E-state index in [9.17, 15) is 8.42 Å². The van der Waals surface area contributed by atoms with Crippen molar-refractivity contribution in [3.05, 3.63) is 51.5 Å². The first-order chi connectivity index (χ1) is 11.8. The molecule has 2 aromatic rings. The second kappa shape index (κ2) is 8.27. The van der Waals surface area contributed by atoms with Crippen LogP contribution >= 0.6 is 23.2 Å². The van der Waals surface area contributed by atoms with E-state index in [4.69, 9.17) is 32.7 Å². The lowest BCUT2D eigenvalue weighted by molar-refractivity contribution is 0.320. The summed E-state index contributed by atoms with van der Waals surface area (Å²) < 4.78 is 37.8. The molecule has 136 valence electrons. The van der Waals surface area contributed by atoms with E-state index in [0.29, 0.717) is 5.75 Å². The van der Waals surface area contributed by atoms with Crippen molar-refractivity contribution in [2.24, 2.45) is 0 Å². The summed E-state index contributed by atoms with van der Waals surface area (Å²) in [4.78, 5) is -0.105. The summed E-state index contributed by atoms with van der Waals surface area (Å²) >= 11 is 12.0. The van der Waals surface area contributed by atoms with E-state index < -0.39 is 10.0 Å². The Bertz CT molecular complexity index is 869. The highest BCUT2D eigenvalue weighted by Crippen LogP contribution is 2.36. The van der Waals surface area contributed by atoms with Crippen LogP contribution in [0.3, 0.4) is 0 Å². The van der Waals surface area contributed by atoms with E-state index in [2.05, 4.69) is 4.72 Å². The lowest BCUT2D eigenvalue weighted by atomic mass is 10.1. The van der Waals surface area contributed by atoms with Gasteiger partial charge in [-0.15, -0.1) is 0 Å². The summed E-state index contributed by atoms with van der Waals surface area (Å²) in [6.45, 7) is 4.21. The van der Waals surface area contributed by atoms with Crippen LogP contribution in [-0.4, -0.2) is 28.7 Å². The number of sulfonamides is 1. The summed E-state index contributed by atoms with van der Waals surface area (Å²) in [6, 6.07) is 8.60. The highest BCUT2D eigenvalue weighted by Gasteiger charge is 2.21. The van der Waals surface area contributed by atoms with Gasteiger partial charge in [-0.3, -0.25) is 0 Å². The second-order valence-corrected chi connectivity index (χ2v) is 7.90. The molecule has 0 saturated heterocycles. The van der Waals surface area contributed by atoms with Crippen molar-refractivity contribution >= 4 is 33.2 Å². The van der Waals surface area contributed by atoms with Gasteiger partial charge in [-0.2, -0.15) is 0 Å². The van der Waals surface area contributed by atoms with Gasteiger partial charge in [0.05, 0.1) is 12.1 Å². The monoisotopic (exact) mass is 403 g/mol. The zero-order valence-electron chi connectivity index (χ0n) is 14.1. The van der Waals surface area contributed by atoms with Crippen molar-refractivity contribution in [1.82, 2.24) is 4.72 Å². The molecule has 0 spiro atoms. The van der Waals surface area contributed by atoms with Crippen LogP contribution in [0.5, 0.6) is 11.5 Å². The number of halogens is 2. The molecule has 0 saturated carbocycles. The van der Waals surface area contributed by atoms with Gasteiger partial charge in [0.2, 0.25) is 10.0 Å². The quantitative estimate of drug-likeness (QED) is 0.710. The topological polar surface area (TPSA) is 64.6 Å². The smallest absolute Gasteiger partial charge is 0.242 e. The van der Waals surface area contributed by atoms with Crippen LogP contribution in [0.2, 0.25) is 10.0 Å². The number of aryl methyl sites for hydroxylation is 2. The van der Waals surface area contributed by atoms with Gasteiger partial charge in [0.15, 0.2) is 0 Å². The molecule has 0 fully saturated rings. The lowest BCUT2D eigenvalue weighted by Gasteiger charge is -2.13. The van der Waals surface area contributed by atoms with Crippen LogP contribution in [0.25, 0.3) is 0 Å². The van der Waals surface area contributed by atoms with Gasteiger partial charge in [0.1, 0.15) is 28.0 Å². The number of benzene rings is 2. The zero-order chi connectivity index (χ0) is 18.6. The van der Waals surface area contributed by atoms with Gasteiger partial charge in [0.25, 0.3) is 0 Å². The Labute approximate surface area is 157 Å². The summed E-state index contributed by atoms with van der Waals surface area (Å²) in [6.07, 6.45) is 0. The predicted molar refractivity (Wildman–Crippen MR) is 99.6 cm³/mol. The van der Waals surface area contributed by atoms with Crippen molar-refractivity contribution in [2.75, 3.05) is 20.3 Å². The van der Waals surface area contributed by atoms with E-state index in [-0.39, 0.29) is 28.1 Å². The minimum atomic E-state index is -3.81. The third-order valence-corrected chi connectivity index (χ3v) is 5.98. The Balaban J connectivity index is 2.01. The Kier molecular flexibility index (Phi) is 6.57. The van der Waals surface area contributed by atoms with Crippen LogP contribution in [0.1, 0.15) is 11.1 Å². The van der Waals surface area contributed by atoms with E-state index >= 15 is 0 Å². The average Bonchev–Trinajstić information content (AvgIpc) is 2.55. The average molecular weight is 404 g/mol. The number of rotatable bonds is 7. The van der Waals surface area contributed by atoms with Crippen LogP contribution < -0.4 is 14.2 Å². The first kappa shape index (κ1) is 19.8.